The van der Waals surface area contributed by atoms with Gasteiger partial charge in [-0.05, 0) is 48.5 Å². The van der Waals surface area contributed by atoms with Crippen LogP contribution in [-0.4, -0.2) is 26.4 Å². The van der Waals surface area contributed by atoms with Crippen molar-refractivity contribution in [2.24, 2.45) is 0 Å². The first kappa shape index (κ1) is 18.8. The number of H-pyrrole nitrogens is 1. The Balaban J connectivity index is 1.33. The number of fused-ring (bicyclic) bond motifs is 1. The number of nitrogens with one attached hydrogen (secondary N) is 1. The van der Waals surface area contributed by atoms with Crippen LogP contribution in [-0.2, 0) is 19.5 Å². The van der Waals surface area contributed by atoms with E-state index in [9.17, 15) is 4.79 Å². The number of furan rings is 1. The van der Waals surface area contributed by atoms with E-state index in [0.29, 0.717) is 23.9 Å². The summed E-state index contributed by atoms with van der Waals surface area (Å²) < 4.78 is 6.01. The van der Waals surface area contributed by atoms with Crippen molar-refractivity contribution in [2.75, 3.05) is 6.54 Å². The van der Waals surface area contributed by atoms with Crippen molar-refractivity contribution in [1.82, 2.24) is 19.9 Å². The molecule has 0 aliphatic carbocycles. The van der Waals surface area contributed by atoms with Gasteiger partial charge in [-0.1, -0.05) is 11.6 Å². The molecule has 7 heteroatoms. The van der Waals surface area contributed by atoms with Crippen LogP contribution in [0.5, 0.6) is 0 Å². The molecule has 6 nitrogen and oxygen atoms in total. The number of hydrogen-bond donors (Lipinski definition) is 1. The van der Waals surface area contributed by atoms with Gasteiger partial charge in [-0.25, -0.2) is 4.98 Å². The first-order valence-corrected chi connectivity index (χ1v) is 10.1. The third-order valence-corrected chi connectivity index (χ3v) is 5.50. The standard InChI is InChI=1S/C23H19ClN4O2/c24-17-5-3-15(4-6-17)21-8-7-18(30-21)13-28-11-9-20-19(14-28)23(29)27-22(26-20)16-2-1-10-25-12-16/h1-8,10,12H,9,11,13-14H2,(H,26,27,29). The summed E-state index contributed by atoms with van der Waals surface area (Å²) in [6.45, 7) is 1.99. The monoisotopic (exact) mass is 418 g/mol. The zero-order valence-electron chi connectivity index (χ0n) is 16.1. The number of pyridine rings is 1. The molecule has 0 atom stereocenters. The van der Waals surface area contributed by atoms with Crippen LogP contribution in [0.4, 0.5) is 0 Å². The molecule has 4 heterocycles. The molecule has 30 heavy (non-hydrogen) atoms. The maximum atomic E-state index is 12.7. The predicted molar refractivity (Wildman–Crippen MR) is 115 cm³/mol. The average Bonchev–Trinajstić information content (AvgIpc) is 3.23. The Morgan fingerprint density at radius 2 is 1.97 bits per heavy atom. The van der Waals surface area contributed by atoms with Crippen LogP contribution in [0, 0.1) is 0 Å². The van der Waals surface area contributed by atoms with Crippen molar-refractivity contribution >= 4 is 11.6 Å². The topological polar surface area (TPSA) is 75.0 Å². The Kier molecular flexibility index (Phi) is 4.94. The van der Waals surface area contributed by atoms with E-state index >= 15 is 0 Å². The number of rotatable bonds is 4. The summed E-state index contributed by atoms with van der Waals surface area (Å²) in [6, 6.07) is 15.2. The second-order valence-electron chi connectivity index (χ2n) is 7.31. The van der Waals surface area contributed by atoms with Crippen LogP contribution in [0.2, 0.25) is 5.02 Å². The molecule has 4 aromatic rings. The fourth-order valence-corrected chi connectivity index (χ4v) is 3.83. The minimum absolute atomic E-state index is 0.0927. The highest BCUT2D eigenvalue weighted by molar-refractivity contribution is 6.30. The van der Waals surface area contributed by atoms with E-state index in [1.807, 2.05) is 48.5 Å². The maximum Gasteiger partial charge on any atom is 0.255 e. The largest absolute Gasteiger partial charge is 0.460 e. The molecular formula is C23H19ClN4O2. The molecule has 0 radical (unpaired) electrons. The van der Waals surface area contributed by atoms with Gasteiger partial charge in [0.05, 0.1) is 17.8 Å². The van der Waals surface area contributed by atoms with Gasteiger partial charge in [-0.15, -0.1) is 0 Å². The van der Waals surface area contributed by atoms with E-state index in [2.05, 4.69) is 19.9 Å². The second-order valence-corrected chi connectivity index (χ2v) is 7.75. The smallest absolute Gasteiger partial charge is 0.255 e. The second kappa shape index (κ2) is 7.89. The fraction of sp³-hybridized carbons (Fsp3) is 0.174. The van der Waals surface area contributed by atoms with Crippen LogP contribution < -0.4 is 5.56 Å². The highest BCUT2D eigenvalue weighted by Gasteiger charge is 2.22. The van der Waals surface area contributed by atoms with Crippen LogP contribution in [0.25, 0.3) is 22.7 Å². The quantitative estimate of drug-likeness (QED) is 0.534. The molecule has 1 aliphatic heterocycles. The summed E-state index contributed by atoms with van der Waals surface area (Å²) >= 11 is 5.96. The van der Waals surface area contributed by atoms with Crippen LogP contribution >= 0.6 is 11.6 Å². The van der Waals surface area contributed by atoms with Gasteiger partial charge in [0.2, 0.25) is 0 Å². The van der Waals surface area contributed by atoms with Crippen LogP contribution in [0.1, 0.15) is 17.0 Å². The average molecular weight is 419 g/mol. The van der Waals surface area contributed by atoms with Crippen molar-refractivity contribution in [3.63, 3.8) is 0 Å². The molecule has 0 saturated heterocycles. The third-order valence-electron chi connectivity index (χ3n) is 5.25. The van der Waals surface area contributed by atoms with Gasteiger partial charge in [0, 0.05) is 48.1 Å². The van der Waals surface area contributed by atoms with E-state index < -0.39 is 0 Å². The molecule has 150 valence electrons. The molecule has 1 N–H and O–H groups in total. The number of aromatic amines is 1. The van der Waals surface area contributed by atoms with Crippen LogP contribution in [0.3, 0.4) is 0 Å². The summed E-state index contributed by atoms with van der Waals surface area (Å²) in [6.07, 6.45) is 4.12. The Labute approximate surface area is 178 Å². The van der Waals surface area contributed by atoms with E-state index in [1.54, 1.807) is 12.4 Å². The summed E-state index contributed by atoms with van der Waals surface area (Å²) in [7, 11) is 0. The summed E-state index contributed by atoms with van der Waals surface area (Å²) in [5.41, 5.74) is 3.28. The zero-order chi connectivity index (χ0) is 20.5. The van der Waals surface area contributed by atoms with Gasteiger partial charge in [0.15, 0.2) is 0 Å². The molecule has 3 aromatic heterocycles. The molecule has 0 unspecified atom stereocenters. The molecular weight excluding hydrogens is 400 g/mol. The van der Waals surface area contributed by atoms with Crippen LogP contribution in [0.15, 0.2) is 70.1 Å². The van der Waals surface area contributed by atoms with Gasteiger partial charge in [0.1, 0.15) is 17.3 Å². The first-order chi connectivity index (χ1) is 14.7. The molecule has 0 bridgehead atoms. The lowest BCUT2D eigenvalue weighted by molar-refractivity contribution is 0.223. The normalized spacial score (nSPS) is 13.9. The Hall–Kier alpha value is -3.22. The van der Waals surface area contributed by atoms with Gasteiger partial charge >= 0.3 is 0 Å². The predicted octanol–water partition coefficient (Wildman–Crippen LogP) is 4.30. The van der Waals surface area contributed by atoms with Crippen molar-refractivity contribution < 1.29 is 4.42 Å². The lowest BCUT2D eigenvalue weighted by Gasteiger charge is -2.26. The third kappa shape index (κ3) is 3.79. The van der Waals surface area contributed by atoms with Crippen molar-refractivity contribution in [3.05, 3.63) is 93.3 Å². The van der Waals surface area contributed by atoms with E-state index in [1.165, 1.54) is 0 Å². The van der Waals surface area contributed by atoms with Gasteiger partial charge in [-0.3, -0.25) is 14.7 Å². The van der Waals surface area contributed by atoms with Gasteiger partial charge < -0.3 is 9.40 Å². The fourth-order valence-electron chi connectivity index (χ4n) is 3.71. The molecule has 1 aromatic carbocycles. The van der Waals surface area contributed by atoms with Crippen molar-refractivity contribution in [2.45, 2.75) is 19.5 Å². The first-order valence-electron chi connectivity index (χ1n) is 9.75. The molecule has 0 saturated carbocycles. The lowest BCUT2D eigenvalue weighted by atomic mass is 10.1. The SMILES string of the molecule is O=c1[nH]c(-c2cccnc2)nc2c1CN(Cc1ccc(-c3ccc(Cl)cc3)o1)CC2. The zero-order valence-corrected chi connectivity index (χ0v) is 16.9. The summed E-state index contributed by atoms with van der Waals surface area (Å²) in [5, 5.41) is 0.697. The lowest BCUT2D eigenvalue weighted by Crippen LogP contribution is -2.35. The number of halogens is 1. The number of nitrogens with zero attached hydrogens (tertiary/aromatic N) is 3. The molecule has 5 rings (SSSR count). The number of benzene rings is 1. The minimum atomic E-state index is -0.0927. The van der Waals surface area contributed by atoms with E-state index in [-0.39, 0.29) is 5.56 Å². The van der Waals surface area contributed by atoms with Crippen molar-refractivity contribution in [1.29, 1.82) is 0 Å². The highest BCUT2D eigenvalue weighted by Crippen LogP contribution is 2.25. The van der Waals surface area contributed by atoms with Crippen molar-refractivity contribution in [3.8, 4) is 22.7 Å². The van der Waals surface area contributed by atoms with Gasteiger partial charge in [-0.2, -0.15) is 0 Å². The number of aromatic nitrogens is 3. The van der Waals surface area contributed by atoms with E-state index in [4.69, 9.17) is 16.0 Å². The number of hydrogen-bond acceptors (Lipinski definition) is 5. The van der Waals surface area contributed by atoms with Gasteiger partial charge in [0.25, 0.3) is 5.56 Å². The summed E-state index contributed by atoms with van der Waals surface area (Å²) in [5.74, 6) is 2.23. The summed E-state index contributed by atoms with van der Waals surface area (Å²) in [4.78, 5) is 26.6. The molecule has 0 spiro atoms. The Bertz CT molecular complexity index is 1230. The maximum absolute atomic E-state index is 12.7. The van der Waals surface area contributed by atoms with E-state index in [0.717, 1.165) is 46.9 Å². The molecule has 0 amide bonds. The Morgan fingerprint density at radius 3 is 2.77 bits per heavy atom. The Morgan fingerprint density at radius 1 is 1.10 bits per heavy atom. The highest BCUT2D eigenvalue weighted by atomic mass is 35.5. The minimum Gasteiger partial charge on any atom is -0.460 e. The molecule has 0 fully saturated rings. The molecule has 1 aliphatic rings.